The first-order valence-corrected chi connectivity index (χ1v) is 7.84. The van der Waals surface area contributed by atoms with Crippen molar-refractivity contribution in [1.29, 1.82) is 0 Å². The first-order valence-electron chi connectivity index (χ1n) is 6.58. The molecule has 1 heterocycles. The van der Waals surface area contributed by atoms with Gasteiger partial charge in [-0.25, -0.2) is 4.79 Å². The van der Waals surface area contributed by atoms with Gasteiger partial charge in [0.15, 0.2) is 0 Å². The number of nitrogens with zero attached hydrogens (tertiary/aromatic N) is 1. The summed E-state index contributed by atoms with van der Waals surface area (Å²) in [5.41, 5.74) is 1.68. The second kappa shape index (κ2) is 7.29. The highest BCUT2D eigenvalue weighted by atomic mass is 35.5. The second-order valence-electron chi connectivity index (χ2n) is 4.44. The first kappa shape index (κ1) is 15.6. The number of anilines is 1. The molecule has 0 amide bonds. The molecule has 0 bridgehead atoms. The van der Waals surface area contributed by atoms with Gasteiger partial charge in [-0.2, -0.15) is 0 Å². The zero-order valence-electron chi connectivity index (χ0n) is 11.6. The third kappa shape index (κ3) is 4.09. The highest BCUT2D eigenvalue weighted by Crippen LogP contribution is 2.32. The van der Waals surface area contributed by atoms with E-state index < -0.39 is 5.97 Å². The third-order valence-electron chi connectivity index (χ3n) is 3.05. The summed E-state index contributed by atoms with van der Waals surface area (Å²) in [5, 5.41) is 11.5. The summed E-state index contributed by atoms with van der Waals surface area (Å²) in [7, 11) is 0. The molecule has 1 aromatic heterocycles. The summed E-state index contributed by atoms with van der Waals surface area (Å²) in [5.74, 6) is -0.970. The van der Waals surface area contributed by atoms with E-state index in [0.717, 1.165) is 30.4 Å². The molecule has 0 aliphatic heterocycles. The van der Waals surface area contributed by atoms with E-state index in [1.165, 1.54) is 4.88 Å². The van der Waals surface area contributed by atoms with Gasteiger partial charge in [-0.1, -0.05) is 29.8 Å². The number of carboxylic acids is 1. The number of halogens is 1. The molecule has 0 atom stereocenters. The molecule has 0 saturated heterocycles. The molecule has 0 radical (unpaired) electrons. The van der Waals surface area contributed by atoms with Crippen molar-refractivity contribution in [2.75, 3.05) is 11.4 Å². The number of rotatable bonds is 6. The van der Waals surface area contributed by atoms with Gasteiger partial charge in [-0.15, -0.1) is 11.3 Å². The Labute approximate surface area is 133 Å². The van der Waals surface area contributed by atoms with Crippen molar-refractivity contribution in [3.05, 3.63) is 57.3 Å². The molecule has 110 valence electrons. The van der Waals surface area contributed by atoms with Gasteiger partial charge in [0.25, 0.3) is 0 Å². The first-order chi connectivity index (χ1) is 10.1. The van der Waals surface area contributed by atoms with E-state index in [4.69, 9.17) is 16.7 Å². The van der Waals surface area contributed by atoms with E-state index in [-0.39, 0.29) is 0 Å². The Morgan fingerprint density at radius 1 is 1.38 bits per heavy atom. The van der Waals surface area contributed by atoms with Crippen LogP contribution in [0.2, 0.25) is 5.02 Å². The number of carbonyl (C=O) groups is 1. The smallest absolute Gasteiger partial charge is 0.328 e. The van der Waals surface area contributed by atoms with Crippen LogP contribution in [0.25, 0.3) is 6.08 Å². The summed E-state index contributed by atoms with van der Waals surface area (Å²) in [4.78, 5) is 14.1. The number of carboxylic acid groups (broad SMARTS) is 1. The van der Waals surface area contributed by atoms with Gasteiger partial charge >= 0.3 is 5.97 Å². The highest BCUT2D eigenvalue weighted by molar-refractivity contribution is 7.09. The van der Waals surface area contributed by atoms with Crippen LogP contribution >= 0.6 is 22.9 Å². The zero-order chi connectivity index (χ0) is 15.2. The fourth-order valence-corrected chi connectivity index (χ4v) is 3.12. The Kier molecular flexibility index (Phi) is 5.42. The Morgan fingerprint density at radius 2 is 2.19 bits per heavy atom. The lowest BCUT2D eigenvalue weighted by atomic mass is 10.1. The van der Waals surface area contributed by atoms with E-state index in [0.29, 0.717) is 5.02 Å². The zero-order valence-corrected chi connectivity index (χ0v) is 13.2. The predicted molar refractivity (Wildman–Crippen MR) is 89.2 cm³/mol. The fourth-order valence-electron chi connectivity index (χ4n) is 2.10. The van der Waals surface area contributed by atoms with Crippen LogP contribution in [0.3, 0.4) is 0 Å². The largest absolute Gasteiger partial charge is 0.478 e. The minimum absolute atomic E-state index is 0.626. The molecule has 0 unspecified atom stereocenters. The summed E-state index contributed by atoms with van der Waals surface area (Å²) < 4.78 is 0. The highest BCUT2D eigenvalue weighted by Gasteiger charge is 2.13. The predicted octanol–water partition coefficient (Wildman–Crippen LogP) is 4.53. The molecule has 0 fully saturated rings. The average molecular weight is 322 g/mol. The van der Waals surface area contributed by atoms with Crippen LogP contribution in [0.1, 0.15) is 17.4 Å². The van der Waals surface area contributed by atoms with E-state index in [9.17, 15) is 4.79 Å². The lowest BCUT2D eigenvalue weighted by Gasteiger charge is -2.25. The van der Waals surface area contributed by atoms with Gasteiger partial charge < -0.3 is 10.0 Å². The van der Waals surface area contributed by atoms with Crippen molar-refractivity contribution in [3.8, 4) is 0 Å². The number of thiophene rings is 1. The number of para-hydroxylation sites is 1. The summed E-state index contributed by atoms with van der Waals surface area (Å²) in [6.45, 7) is 3.60. The Balaban J connectivity index is 2.37. The molecule has 2 rings (SSSR count). The maximum Gasteiger partial charge on any atom is 0.328 e. The van der Waals surface area contributed by atoms with Crippen LogP contribution in [-0.4, -0.2) is 17.6 Å². The Morgan fingerprint density at radius 3 is 2.81 bits per heavy atom. The standard InChI is InChI=1S/C16H16ClNO2S/c1-2-18(11-13-6-4-10-21-13)16-12(8-9-15(19)20)5-3-7-14(16)17/h3-10H,2,11H2,1H3,(H,19,20)/b9-8+. The van der Waals surface area contributed by atoms with Crippen molar-refractivity contribution in [3.63, 3.8) is 0 Å². The van der Waals surface area contributed by atoms with Gasteiger partial charge in [0.05, 0.1) is 17.3 Å². The van der Waals surface area contributed by atoms with E-state index >= 15 is 0 Å². The third-order valence-corrected chi connectivity index (χ3v) is 4.21. The van der Waals surface area contributed by atoms with Crippen molar-refractivity contribution >= 4 is 40.7 Å². The van der Waals surface area contributed by atoms with Gasteiger partial charge in [0.2, 0.25) is 0 Å². The SMILES string of the molecule is CCN(Cc1cccs1)c1c(Cl)cccc1/C=C/C(=O)O. The average Bonchev–Trinajstić information content (AvgIpc) is 2.96. The Bertz CT molecular complexity index is 638. The number of hydrogen-bond acceptors (Lipinski definition) is 3. The second-order valence-corrected chi connectivity index (χ2v) is 5.88. The molecule has 2 aromatic rings. The van der Waals surface area contributed by atoms with Crippen molar-refractivity contribution in [2.24, 2.45) is 0 Å². The Hall–Kier alpha value is -1.78. The van der Waals surface area contributed by atoms with Crippen molar-refractivity contribution in [1.82, 2.24) is 0 Å². The minimum Gasteiger partial charge on any atom is -0.478 e. The number of hydrogen-bond donors (Lipinski definition) is 1. The quantitative estimate of drug-likeness (QED) is 0.795. The molecular formula is C16H16ClNO2S. The van der Waals surface area contributed by atoms with Crippen LogP contribution in [0, 0.1) is 0 Å². The maximum absolute atomic E-state index is 10.7. The maximum atomic E-state index is 10.7. The van der Waals surface area contributed by atoms with Crippen molar-refractivity contribution < 1.29 is 9.90 Å². The topological polar surface area (TPSA) is 40.5 Å². The van der Waals surface area contributed by atoms with Crippen LogP contribution in [0.4, 0.5) is 5.69 Å². The normalized spacial score (nSPS) is 11.0. The summed E-state index contributed by atoms with van der Waals surface area (Å²) >= 11 is 8.03. The number of aliphatic carboxylic acids is 1. The van der Waals surface area contributed by atoms with Gasteiger partial charge in [-0.3, -0.25) is 0 Å². The number of benzene rings is 1. The van der Waals surface area contributed by atoms with Crippen LogP contribution in [-0.2, 0) is 11.3 Å². The van der Waals surface area contributed by atoms with Gasteiger partial charge in [0, 0.05) is 17.5 Å². The molecule has 0 aliphatic carbocycles. The molecule has 3 nitrogen and oxygen atoms in total. The van der Waals surface area contributed by atoms with E-state index in [2.05, 4.69) is 17.9 Å². The van der Waals surface area contributed by atoms with E-state index in [1.54, 1.807) is 17.4 Å². The van der Waals surface area contributed by atoms with Gasteiger partial charge in [-0.05, 0) is 36.1 Å². The minimum atomic E-state index is -0.970. The van der Waals surface area contributed by atoms with E-state index in [1.807, 2.05) is 29.6 Å². The fraction of sp³-hybridized carbons (Fsp3) is 0.188. The summed E-state index contributed by atoms with van der Waals surface area (Å²) in [6, 6.07) is 9.62. The lowest BCUT2D eigenvalue weighted by molar-refractivity contribution is -0.131. The van der Waals surface area contributed by atoms with Crippen LogP contribution in [0.15, 0.2) is 41.8 Å². The molecule has 0 aliphatic rings. The molecule has 0 saturated carbocycles. The molecule has 0 spiro atoms. The monoisotopic (exact) mass is 321 g/mol. The molecule has 1 N–H and O–H groups in total. The van der Waals surface area contributed by atoms with Gasteiger partial charge in [0.1, 0.15) is 0 Å². The molecule has 21 heavy (non-hydrogen) atoms. The lowest BCUT2D eigenvalue weighted by Crippen LogP contribution is -2.22. The molecule has 1 aromatic carbocycles. The van der Waals surface area contributed by atoms with Crippen molar-refractivity contribution in [2.45, 2.75) is 13.5 Å². The van der Waals surface area contributed by atoms with Crippen LogP contribution < -0.4 is 4.90 Å². The molecular weight excluding hydrogens is 306 g/mol. The molecule has 5 heteroatoms. The summed E-state index contributed by atoms with van der Waals surface area (Å²) in [6.07, 6.45) is 2.72. The van der Waals surface area contributed by atoms with Crippen LogP contribution in [0.5, 0.6) is 0 Å².